The van der Waals surface area contributed by atoms with Crippen molar-refractivity contribution in [2.75, 3.05) is 12.9 Å². The Labute approximate surface area is 214 Å². The van der Waals surface area contributed by atoms with E-state index >= 15 is 0 Å². The lowest BCUT2D eigenvalue weighted by Crippen LogP contribution is -2.08. The molecule has 0 fully saturated rings. The average Bonchev–Trinajstić information content (AvgIpc) is 3.42. The van der Waals surface area contributed by atoms with Gasteiger partial charge in [-0.15, -0.1) is 11.3 Å². The normalized spacial score (nSPS) is 13.2. The van der Waals surface area contributed by atoms with Crippen LogP contribution in [0.5, 0.6) is 5.75 Å². The molecule has 1 unspecified atom stereocenters. The summed E-state index contributed by atoms with van der Waals surface area (Å²) in [5, 5.41) is 24.6. The minimum Gasteiger partial charge on any atom is -0.505 e. The highest BCUT2D eigenvalue weighted by atomic mass is 35.5. The van der Waals surface area contributed by atoms with Crippen molar-refractivity contribution in [2.24, 2.45) is 0 Å². The van der Waals surface area contributed by atoms with E-state index in [1.165, 1.54) is 29.5 Å². The fraction of sp³-hybridized carbons (Fsp3) is 0.208. The average molecular weight is 557 g/mol. The van der Waals surface area contributed by atoms with Crippen LogP contribution in [0, 0.1) is 0 Å². The van der Waals surface area contributed by atoms with Crippen molar-refractivity contribution in [3.63, 3.8) is 0 Å². The zero-order chi connectivity index (χ0) is 26.4. The second kappa shape index (κ2) is 9.55. The molecule has 0 saturated heterocycles. The van der Waals surface area contributed by atoms with Gasteiger partial charge in [-0.25, -0.2) is 13.1 Å². The maximum Gasteiger partial charge on any atom is 0.420 e. The van der Waals surface area contributed by atoms with Crippen LogP contribution in [-0.2, 0) is 16.0 Å². The highest BCUT2D eigenvalue weighted by Crippen LogP contribution is 2.45. The highest BCUT2D eigenvalue weighted by molar-refractivity contribution is 7.90. The minimum atomic E-state index is -4.79. The molecule has 0 spiro atoms. The van der Waals surface area contributed by atoms with Crippen molar-refractivity contribution >= 4 is 32.8 Å². The number of rotatable bonds is 6. The number of phenolic OH excluding ortho intramolecular Hbond substituents is 1. The van der Waals surface area contributed by atoms with Gasteiger partial charge in [0.2, 0.25) is 0 Å². The molecular formula is C24H20ClF3N2O4S2. The first-order chi connectivity index (χ1) is 16.8. The van der Waals surface area contributed by atoms with Crippen molar-refractivity contribution in [3.05, 3.63) is 70.9 Å². The Hall–Kier alpha value is -2.86. The summed E-state index contributed by atoms with van der Waals surface area (Å²) >= 11 is 7.86. The Balaban J connectivity index is 1.91. The van der Waals surface area contributed by atoms with E-state index in [1.54, 1.807) is 31.2 Å². The molecule has 2 heterocycles. The van der Waals surface area contributed by atoms with Crippen LogP contribution < -0.4 is 0 Å². The first kappa shape index (κ1) is 26.2. The number of alkyl halides is 3. The van der Waals surface area contributed by atoms with Gasteiger partial charge >= 0.3 is 6.18 Å². The number of nitrogens with zero attached hydrogens (tertiary/aromatic N) is 2. The second-order valence-electron chi connectivity index (χ2n) is 8.18. The van der Waals surface area contributed by atoms with Crippen LogP contribution in [0.4, 0.5) is 13.2 Å². The largest absolute Gasteiger partial charge is 0.505 e. The molecule has 4 rings (SSSR count). The number of aliphatic hydroxyl groups excluding tert-OH is 1. The molecule has 0 amide bonds. The third kappa shape index (κ3) is 4.88. The first-order valence-corrected chi connectivity index (χ1v) is 13.6. The summed E-state index contributed by atoms with van der Waals surface area (Å²) in [4.78, 5) is 1.34. The van der Waals surface area contributed by atoms with E-state index in [0.29, 0.717) is 15.3 Å². The fourth-order valence-corrected chi connectivity index (χ4v) is 5.80. The molecule has 2 aromatic carbocycles. The molecular weight excluding hydrogens is 537 g/mol. The SMILES string of the molecule is CC(CO)c1nn(-c2cccc(C(F)(F)F)c2O)c(-c2ccc(-c3cccc(S(C)(=O)=O)c3)s2)c1Cl. The zero-order valence-corrected chi connectivity index (χ0v) is 21.3. The maximum atomic E-state index is 13.5. The van der Waals surface area contributed by atoms with Gasteiger partial charge in [-0.1, -0.05) is 36.7 Å². The van der Waals surface area contributed by atoms with Gasteiger partial charge in [0, 0.05) is 17.1 Å². The molecule has 0 saturated carbocycles. The number of halogens is 4. The fourth-order valence-electron chi connectivity index (χ4n) is 3.64. The van der Waals surface area contributed by atoms with Gasteiger partial charge in [0.1, 0.15) is 11.4 Å². The summed E-state index contributed by atoms with van der Waals surface area (Å²) in [6.07, 6.45) is -3.69. The number of sulfone groups is 1. The first-order valence-electron chi connectivity index (χ1n) is 10.5. The van der Waals surface area contributed by atoms with Crippen LogP contribution in [0.15, 0.2) is 59.5 Å². The number of aromatic nitrogens is 2. The lowest BCUT2D eigenvalue weighted by atomic mass is 10.1. The Morgan fingerprint density at radius 2 is 1.78 bits per heavy atom. The number of phenols is 1. The third-order valence-electron chi connectivity index (χ3n) is 5.53. The molecule has 12 heteroatoms. The van der Waals surface area contributed by atoms with Gasteiger partial charge in [0.05, 0.1) is 32.7 Å². The van der Waals surface area contributed by atoms with E-state index in [2.05, 4.69) is 5.10 Å². The zero-order valence-electron chi connectivity index (χ0n) is 18.9. The van der Waals surface area contributed by atoms with Crippen molar-refractivity contribution < 1.29 is 31.8 Å². The van der Waals surface area contributed by atoms with Crippen molar-refractivity contribution in [1.82, 2.24) is 9.78 Å². The Morgan fingerprint density at radius 1 is 1.11 bits per heavy atom. The molecule has 2 aromatic heterocycles. The summed E-state index contributed by atoms with van der Waals surface area (Å²) in [7, 11) is -3.43. The van der Waals surface area contributed by atoms with Crippen molar-refractivity contribution in [3.8, 4) is 32.4 Å². The lowest BCUT2D eigenvalue weighted by molar-refractivity contribution is -0.138. The summed E-state index contributed by atoms with van der Waals surface area (Å²) in [6, 6.07) is 13.0. The summed E-state index contributed by atoms with van der Waals surface area (Å²) in [5.74, 6) is -1.54. The number of hydrogen-bond donors (Lipinski definition) is 2. The Morgan fingerprint density at radius 3 is 2.42 bits per heavy atom. The monoisotopic (exact) mass is 556 g/mol. The van der Waals surface area contributed by atoms with Crippen LogP contribution in [0.2, 0.25) is 5.02 Å². The van der Waals surface area contributed by atoms with Gasteiger partial charge in [0.15, 0.2) is 15.6 Å². The van der Waals surface area contributed by atoms with E-state index in [4.69, 9.17) is 11.6 Å². The van der Waals surface area contributed by atoms with E-state index in [-0.39, 0.29) is 33.6 Å². The van der Waals surface area contributed by atoms with Crippen LogP contribution >= 0.6 is 22.9 Å². The number of para-hydroxylation sites is 1. The molecule has 1 atom stereocenters. The smallest absolute Gasteiger partial charge is 0.420 e. The molecule has 2 N–H and O–H groups in total. The maximum absolute atomic E-state index is 13.5. The standard InChI is InChI=1S/C24H20ClF3N2O4S2/c1-13(12-31)21-20(25)22(30(29-21)17-8-4-7-16(23(17)32)24(26,27)28)19-10-9-18(35-19)14-5-3-6-15(11-14)36(2,33)34/h3-11,13,31-32H,12H2,1-2H3. The number of benzene rings is 2. The van der Waals surface area contributed by atoms with Crippen LogP contribution in [0.1, 0.15) is 24.1 Å². The van der Waals surface area contributed by atoms with Crippen molar-refractivity contribution in [2.45, 2.75) is 23.9 Å². The van der Waals surface area contributed by atoms with E-state index in [9.17, 15) is 31.8 Å². The van der Waals surface area contributed by atoms with Gasteiger partial charge in [-0.05, 0) is 42.0 Å². The summed E-state index contributed by atoms with van der Waals surface area (Å²) in [6.45, 7) is 1.35. The van der Waals surface area contributed by atoms with Crippen molar-refractivity contribution in [1.29, 1.82) is 0 Å². The molecule has 0 aliphatic rings. The molecule has 6 nitrogen and oxygen atoms in total. The number of aliphatic hydroxyl groups is 1. The van der Waals surface area contributed by atoms with Gasteiger partial charge in [0.25, 0.3) is 0 Å². The van der Waals surface area contributed by atoms with Gasteiger partial charge in [-0.2, -0.15) is 18.3 Å². The Bertz CT molecular complexity index is 1550. The molecule has 0 bridgehead atoms. The van der Waals surface area contributed by atoms with Gasteiger partial charge in [-0.3, -0.25) is 0 Å². The van der Waals surface area contributed by atoms with Gasteiger partial charge < -0.3 is 10.2 Å². The predicted molar refractivity (Wildman–Crippen MR) is 133 cm³/mol. The quantitative estimate of drug-likeness (QED) is 0.297. The molecule has 0 aliphatic carbocycles. The molecule has 0 radical (unpaired) electrons. The molecule has 4 aromatic rings. The van der Waals surface area contributed by atoms with Crippen LogP contribution in [0.25, 0.3) is 26.7 Å². The third-order valence-corrected chi connectivity index (χ3v) is 8.15. The topological polar surface area (TPSA) is 92.4 Å². The molecule has 36 heavy (non-hydrogen) atoms. The van der Waals surface area contributed by atoms with Crippen LogP contribution in [-0.4, -0.2) is 41.3 Å². The lowest BCUT2D eigenvalue weighted by Gasteiger charge is -2.14. The number of thiophene rings is 1. The minimum absolute atomic E-state index is 0.117. The summed E-state index contributed by atoms with van der Waals surface area (Å²) < 4.78 is 65.4. The van der Waals surface area contributed by atoms with Crippen LogP contribution in [0.3, 0.4) is 0 Å². The van der Waals surface area contributed by atoms with E-state index < -0.39 is 33.2 Å². The molecule has 0 aliphatic heterocycles. The Kier molecular flexibility index (Phi) is 6.95. The number of hydrogen-bond acceptors (Lipinski definition) is 6. The molecule has 190 valence electrons. The van der Waals surface area contributed by atoms with E-state index in [1.807, 2.05) is 0 Å². The second-order valence-corrected chi connectivity index (χ2v) is 11.7. The summed E-state index contributed by atoms with van der Waals surface area (Å²) in [5.41, 5.74) is -0.342. The highest BCUT2D eigenvalue weighted by Gasteiger charge is 2.36. The number of aromatic hydroxyl groups is 1. The van der Waals surface area contributed by atoms with E-state index in [0.717, 1.165) is 23.1 Å². The predicted octanol–water partition coefficient (Wildman–Crippen LogP) is 6.14.